The summed E-state index contributed by atoms with van der Waals surface area (Å²) in [7, 11) is 0. The van der Waals surface area contributed by atoms with Crippen LogP contribution in [0, 0.1) is 0 Å². The van der Waals surface area contributed by atoms with Crippen LogP contribution in [0.5, 0.6) is 0 Å². The highest BCUT2D eigenvalue weighted by molar-refractivity contribution is 7.15. The molecule has 1 N–H and O–H groups in total. The van der Waals surface area contributed by atoms with Gasteiger partial charge in [-0.2, -0.15) is 5.10 Å². The number of rotatable bonds is 6. The number of nitrogens with zero attached hydrogens (tertiary/aromatic N) is 2. The zero-order valence-electron chi connectivity index (χ0n) is 13.2. The van der Waals surface area contributed by atoms with Crippen LogP contribution in [0.3, 0.4) is 0 Å². The van der Waals surface area contributed by atoms with Crippen molar-refractivity contribution >= 4 is 23.0 Å². The average Bonchev–Trinajstić information content (AvgIpc) is 3.26. The highest BCUT2D eigenvalue weighted by Gasteiger charge is 2.18. The minimum absolute atomic E-state index is 0.0322. The van der Waals surface area contributed by atoms with Crippen molar-refractivity contribution in [3.05, 3.63) is 76.2 Å². The molecule has 0 unspecified atom stereocenters. The Morgan fingerprint density at radius 3 is 2.50 bits per heavy atom. The SMILES string of the molecule is CC(=O)c1ccc(C(=O)N[C@H](Cn2cccn2)c2ccccc2)s1. The van der Waals surface area contributed by atoms with Crippen molar-refractivity contribution < 1.29 is 9.59 Å². The maximum atomic E-state index is 12.6. The number of hydrogen-bond acceptors (Lipinski definition) is 4. The Bertz CT molecular complexity index is 825. The van der Waals surface area contributed by atoms with E-state index in [1.54, 1.807) is 23.0 Å². The second-order valence-corrected chi connectivity index (χ2v) is 6.47. The monoisotopic (exact) mass is 339 g/mol. The van der Waals surface area contributed by atoms with E-state index in [1.807, 2.05) is 42.6 Å². The summed E-state index contributed by atoms with van der Waals surface area (Å²) in [5, 5.41) is 7.25. The second-order valence-electron chi connectivity index (χ2n) is 5.38. The predicted octanol–water partition coefficient (Wildman–Crippen LogP) is 3.32. The molecule has 6 heteroatoms. The van der Waals surface area contributed by atoms with Gasteiger partial charge in [-0.3, -0.25) is 14.3 Å². The first-order valence-corrected chi connectivity index (χ1v) is 8.39. The Labute approximate surface area is 143 Å². The number of carbonyl (C=O) groups is 2. The molecule has 24 heavy (non-hydrogen) atoms. The van der Waals surface area contributed by atoms with E-state index in [0.717, 1.165) is 5.56 Å². The molecule has 5 nitrogen and oxygen atoms in total. The largest absolute Gasteiger partial charge is 0.343 e. The lowest BCUT2D eigenvalue weighted by Gasteiger charge is -2.19. The van der Waals surface area contributed by atoms with Crippen LogP contribution in [-0.4, -0.2) is 21.5 Å². The summed E-state index contributed by atoms with van der Waals surface area (Å²) in [6.07, 6.45) is 3.57. The highest BCUT2D eigenvalue weighted by Crippen LogP contribution is 2.20. The van der Waals surface area contributed by atoms with Crippen LogP contribution in [0.25, 0.3) is 0 Å². The molecule has 2 heterocycles. The third-order valence-corrected chi connectivity index (χ3v) is 4.80. The smallest absolute Gasteiger partial charge is 0.261 e. The van der Waals surface area contributed by atoms with E-state index in [2.05, 4.69) is 10.4 Å². The van der Waals surface area contributed by atoms with Crippen molar-refractivity contribution in [2.75, 3.05) is 0 Å². The van der Waals surface area contributed by atoms with E-state index in [1.165, 1.54) is 18.3 Å². The molecule has 0 bridgehead atoms. The number of hydrogen-bond donors (Lipinski definition) is 1. The summed E-state index contributed by atoms with van der Waals surface area (Å²) >= 11 is 1.21. The molecule has 2 aromatic heterocycles. The zero-order valence-corrected chi connectivity index (χ0v) is 14.0. The van der Waals surface area contributed by atoms with Gasteiger partial charge in [0.1, 0.15) is 0 Å². The zero-order chi connectivity index (χ0) is 16.9. The minimum Gasteiger partial charge on any atom is -0.343 e. The Morgan fingerprint density at radius 1 is 1.12 bits per heavy atom. The Morgan fingerprint density at radius 2 is 1.88 bits per heavy atom. The van der Waals surface area contributed by atoms with Gasteiger partial charge in [0.2, 0.25) is 0 Å². The Hall–Kier alpha value is -2.73. The van der Waals surface area contributed by atoms with Gasteiger partial charge >= 0.3 is 0 Å². The number of benzene rings is 1. The molecule has 3 rings (SSSR count). The molecule has 122 valence electrons. The van der Waals surface area contributed by atoms with E-state index < -0.39 is 0 Å². The van der Waals surface area contributed by atoms with Gasteiger partial charge in [0.05, 0.1) is 22.3 Å². The molecule has 1 amide bonds. The van der Waals surface area contributed by atoms with Gasteiger partial charge in [-0.25, -0.2) is 0 Å². The second kappa shape index (κ2) is 7.23. The molecule has 0 saturated heterocycles. The summed E-state index contributed by atoms with van der Waals surface area (Å²) in [6.45, 7) is 2.03. The van der Waals surface area contributed by atoms with E-state index in [0.29, 0.717) is 16.3 Å². The van der Waals surface area contributed by atoms with Crippen LogP contribution in [-0.2, 0) is 6.54 Å². The van der Waals surface area contributed by atoms with Gasteiger partial charge in [0.15, 0.2) is 5.78 Å². The fourth-order valence-electron chi connectivity index (χ4n) is 2.39. The van der Waals surface area contributed by atoms with E-state index in [4.69, 9.17) is 0 Å². The number of amides is 1. The van der Waals surface area contributed by atoms with Gasteiger partial charge in [-0.05, 0) is 30.7 Å². The number of thiophene rings is 1. The van der Waals surface area contributed by atoms with Crippen LogP contribution in [0.15, 0.2) is 60.9 Å². The molecule has 1 atom stereocenters. The van der Waals surface area contributed by atoms with Crippen LogP contribution in [0.2, 0.25) is 0 Å². The van der Waals surface area contributed by atoms with Crippen LogP contribution in [0.1, 0.15) is 37.9 Å². The Kier molecular flexibility index (Phi) is 4.86. The van der Waals surface area contributed by atoms with E-state index >= 15 is 0 Å². The lowest BCUT2D eigenvalue weighted by molar-refractivity contribution is 0.0935. The average molecular weight is 339 g/mol. The van der Waals surface area contributed by atoms with E-state index in [-0.39, 0.29) is 17.7 Å². The molecule has 0 spiro atoms. The summed E-state index contributed by atoms with van der Waals surface area (Å²) < 4.78 is 1.79. The summed E-state index contributed by atoms with van der Waals surface area (Å²) in [4.78, 5) is 25.1. The molecular weight excluding hydrogens is 322 g/mol. The minimum atomic E-state index is -0.207. The number of carbonyl (C=O) groups excluding carboxylic acids is 2. The Balaban J connectivity index is 1.80. The first-order chi connectivity index (χ1) is 11.6. The standard InChI is InChI=1S/C18H17N3O2S/c1-13(22)16-8-9-17(24-16)18(23)20-15(12-21-11-5-10-19-21)14-6-3-2-4-7-14/h2-11,15H,12H2,1H3,(H,20,23)/t15-/m1/s1. The lowest BCUT2D eigenvalue weighted by atomic mass is 10.1. The van der Waals surface area contributed by atoms with Gasteiger partial charge in [0.25, 0.3) is 5.91 Å². The molecule has 0 radical (unpaired) electrons. The number of aromatic nitrogens is 2. The van der Waals surface area contributed by atoms with Gasteiger partial charge in [-0.1, -0.05) is 30.3 Å². The van der Waals surface area contributed by atoms with Crippen molar-refractivity contribution in [3.63, 3.8) is 0 Å². The fourth-order valence-corrected chi connectivity index (χ4v) is 3.20. The molecule has 0 aliphatic heterocycles. The van der Waals surface area contributed by atoms with Crippen LogP contribution >= 0.6 is 11.3 Å². The maximum Gasteiger partial charge on any atom is 0.261 e. The molecular formula is C18H17N3O2S. The molecule has 0 aliphatic carbocycles. The van der Waals surface area contributed by atoms with Gasteiger partial charge in [-0.15, -0.1) is 11.3 Å². The number of Topliss-reactive ketones (excluding diaryl/α,β-unsaturated/α-hetero) is 1. The fraction of sp³-hybridized carbons (Fsp3) is 0.167. The first kappa shape index (κ1) is 16.1. The first-order valence-electron chi connectivity index (χ1n) is 7.57. The third kappa shape index (κ3) is 3.78. The van der Waals surface area contributed by atoms with Crippen molar-refractivity contribution in [1.29, 1.82) is 0 Å². The highest BCUT2D eigenvalue weighted by atomic mass is 32.1. The lowest BCUT2D eigenvalue weighted by Crippen LogP contribution is -2.31. The third-order valence-electron chi connectivity index (χ3n) is 3.61. The maximum absolute atomic E-state index is 12.6. The normalized spacial score (nSPS) is 11.9. The quantitative estimate of drug-likeness (QED) is 0.701. The number of nitrogens with one attached hydrogen (secondary N) is 1. The molecule has 0 fully saturated rings. The summed E-state index contributed by atoms with van der Waals surface area (Å²) in [5.41, 5.74) is 1.00. The molecule has 1 aromatic carbocycles. The predicted molar refractivity (Wildman–Crippen MR) is 93.2 cm³/mol. The van der Waals surface area contributed by atoms with Gasteiger partial charge < -0.3 is 5.32 Å². The van der Waals surface area contributed by atoms with Crippen molar-refractivity contribution in [2.45, 2.75) is 19.5 Å². The van der Waals surface area contributed by atoms with Crippen LogP contribution < -0.4 is 5.32 Å². The number of ketones is 1. The van der Waals surface area contributed by atoms with Crippen molar-refractivity contribution in [2.24, 2.45) is 0 Å². The van der Waals surface area contributed by atoms with Crippen LogP contribution in [0.4, 0.5) is 0 Å². The van der Waals surface area contributed by atoms with E-state index in [9.17, 15) is 9.59 Å². The van der Waals surface area contributed by atoms with Gasteiger partial charge in [0, 0.05) is 12.4 Å². The van der Waals surface area contributed by atoms with Crippen molar-refractivity contribution in [1.82, 2.24) is 15.1 Å². The summed E-state index contributed by atoms with van der Waals surface area (Å²) in [6, 6.07) is 14.8. The molecule has 0 saturated carbocycles. The summed E-state index contributed by atoms with van der Waals surface area (Å²) in [5.74, 6) is -0.219. The van der Waals surface area contributed by atoms with Crippen molar-refractivity contribution in [3.8, 4) is 0 Å². The topological polar surface area (TPSA) is 64.0 Å². The molecule has 3 aromatic rings. The molecule has 0 aliphatic rings.